The SMILES string of the molecule is COc1ccc(NC2CCC23CCCCC3)cc1C. The van der Waals surface area contributed by atoms with Crippen molar-refractivity contribution < 1.29 is 4.74 Å². The molecular weight excluding hydrogens is 234 g/mol. The Bertz CT molecular complexity index is 449. The molecule has 0 heterocycles. The van der Waals surface area contributed by atoms with Gasteiger partial charge in [0.1, 0.15) is 5.75 Å². The fourth-order valence-corrected chi connectivity index (χ4v) is 3.95. The number of hydrogen-bond donors (Lipinski definition) is 1. The smallest absolute Gasteiger partial charge is 0.121 e. The van der Waals surface area contributed by atoms with Crippen LogP contribution in [-0.4, -0.2) is 13.2 Å². The van der Waals surface area contributed by atoms with Crippen LogP contribution in [0, 0.1) is 12.3 Å². The molecule has 1 N–H and O–H groups in total. The predicted molar refractivity (Wildman–Crippen MR) is 79.9 cm³/mol. The molecular formula is C17H25NO. The molecule has 0 bridgehead atoms. The Kier molecular flexibility index (Phi) is 3.42. The van der Waals surface area contributed by atoms with Crippen LogP contribution >= 0.6 is 0 Å². The van der Waals surface area contributed by atoms with Gasteiger partial charge in [-0.05, 0) is 61.8 Å². The summed E-state index contributed by atoms with van der Waals surface area (Å²) in [6.07, 6.45) is 9.93. The van der Waals surface area contributed by atoms with E-state index >= 15 is 0 Å². The summed E-state index contributed by atoms with van der Waals surface area (Å²) in [5.41, 5.74) is 3.09. The molecule has 0 aliphatic heterocycles. The molecule has 2 fully saturated rings. The van der Waals surface area contributed by atoms with Crippen molar-refractivity contribution in [1.82, 2.24) is 0 Å². The molecule has 2 heteroatoms. The molecule has 1 spiro atoms. The number of hydrogen-bond acceptors (Lipinski definition) is 2. The second-order valence-electron chi connectivity index (χ2n) is 6.34. The summed E-state index contributed by atoms with van der Waals surface area (Å²) < 4.78 is 5.33. The van der Waals surface area contributed by atoms with E-state index < -0.39 is 0 Å². The lowest BCUT2D eigenvalue weighted by atomic mass is 9.57. The largest absolute Gasteiger partial charge is 0.496 e. The van der Waals surface area contributed by atoms with Crippen LogP contribution in [0.3, 0.4) is 0 Å². The number of anilines is 1. The van der Waals surface area contributed by atoms with Crippen molar-refractivity contribution in [2.24, 2.45) is 5.41 Å². The van der Waals surface area contributed by atoms with Crippen LogP contribution in [0.4, 0.5) is 5.69 Å². The molecule has 1 atom stereocenters. The quantitative estimate of drug-likeness (QED) is 0.861. The maximum Gasteiger partial charge on any atom is 0.121 e. The van der Waals surface area contributed by atoms with Crippen molar-refractivity contribution in [3.05, 3.63) is 23.8 Å². The van der Waals surface area contributed by atoms with E-state index in [0.29, 0.717) is 11.5 Å². The highest BCUT2D eigenvalue weighted by atomic mass is 16.5. The summed E-state index contributed by atoms with van der Waals surface area (Å²) in [4.78, 5) is 0. The average molecular weight is 259 g/mol. The second-order valence-corrected chi connectivity index (χ2v) is 6.34. The molecule has 2 saturated carbocycles. The number of ether oxygens (including phenoxy) is 1. The van der Waals surface area contributed by atoms with Gasteiger partial charge in [0.25, 0.3) is 0 Å². The number of benzene rings is 1. The Labute approximate surface area is 116 Å². The first-order valence-electron chi connectivity index (χ1n) is 7.65. The van der Waals surface area contributed by atoms with E-state index in [1.54, 1.807) is 7.11 Å². The van der Waals surface area contributed by atoms with Crippen LogP contribution in [0.5, 0.6) is 5.75 Å². The van der Waals surface area contributed by atoms with Crippen LogP contribution in [-0.2, 0) is 0 Å². The molecule has 0 radical (unpaired) electrons. The van der Waals surface area contributed by atoms with Crippen LogP contribution in [0.25, 0.3) is 0 Å². The lowest BCUT2D eigenvalue weighted by molar-refractivity contribution is 0.0571. The maximum absolute atomic E-state index is 5.33. The van der Waals surface area contributed by atoms with Gasteiger partial charge in [0.2, 0.25) is 0 Å². The van der Waals surface area contributed by atoms with Crippen LogP contribution in [0.15, 0.2) is 18.2 Å². The average Bonchev–Trinajstić information content (AvgIpc) is 2.45. The lowest BCUT2D eigenvalue weighted by Crippen LogP contribution is -2.50. The minimum atomic E-state index is 0.617. The highest BCUT2D eigenvalue weighted by Gasteiger charge is 2.46. The van der Waals surface area contributed by atoms with Gasteiger partial charge in [-0.3, -0.25) is 0 Å². The van der Waals surface area contributed by atoms with E-state index in [4.69, 9.17) is 4.74 Å². The zero-order chi connectivity index (χ0) is 13.3. The first-order chi connectivity index (χ1) is 9.23. The summed E-state index contributed by atoms with van der Waals surface area (Å²) in [5.74, 6) is 0.978. The molecule has 2 aliphatic carbocycles. The van der Waals surface area contributed by atoms with Gasteiger partial charge in [-0.25, -0.2) is 0 Å². The molecule has 1 aromatic rings. The van der Waals surface area contributed by atoms with Gasteiger partial charge in [-0.15, -0.1) is 0 Å². The summed E-state index contributed by atoms with van der Waals surface area (Å²) in [7, 11) is 1.73. The number of rotatable bonds is 3. The standard InChI is InChI=1S/C17H25NO/c1-13-12-14(6-7-15(13)19-2)18-16-8-11-17(16)9-4-3-5-10-17/h6-7,12,16,18H,3-5,8-11H2,1-2H3. The molecule has 1 unspecified atom stereocenters. The van der Waals surface area contributed by atoms with Crippen LogP contribution in [0.1, 0.15) is 50.5 Å². The van der Waals surface area contributed by atoms with Crippen molar-refractivity contribution in [3.8, 4) is 5.75 Å². The van der Waals surface area contributed by atoms with E-state index in [9.17, 15) is 0 Å². The van der Waals surface area contributed by atoms with Crippen molar-refractivity contribution in [2.75, 3.05) is 12.4 Å². The Morgan fingerprint density at radius 2 is 1.95 bits per heavy atom. The van der Waals surface area contributed by atoms with Crippen molar-refractivity contribution in [3.63, 3.8) is 0 Å². The zero-order valence-electron chi connectivity index (χ0n) is 12.2. The highest BCUT2D eigenvalue weighted by Crippen LogP contribution is 2.52. The Balaban J connectivity index is 1.69. The molecule has 2 nitrogen and oxygen atoms in total. The van der Waals surface area contributed by atoms with Gasteiger partial charge in [0, 0.05) is 11.7 Å². The van der Waals surface area contributed by atoms with Crippen LogP contribution in [0.2, 0.25) is 0 Å². The number of nitrogens with one attached hydrogen (secondary N) is 1. The van der Waals surface area contributed by atoms with E-state index in [1.165, 1.54) is 56.2 Å². The van der Waals surface area contributed by atoms with E-state index in [-0.39, 0.29) is 0 Å². The third-order valence-electron chi connectivity index (χ3n) is 5.26. The minimum Gasteiger partial charge on any atom is -0.496 e. The minimum absolute atomic E-state index is 0.617. The zero-order valence-corrected chi connectivity index (χ0v) is 12.2. The Morgan fingerprint density at radius 1 is 1.16 bits per heavy atom. The van der Waals surface area contributed by atoms with Crippen LogP contribution < -0.4 is 10.1 Å². The summed E-state index contributed by atoms with van der Waals surface area (Å²) >= 11 is 0. The molecule has 0 saturated heterocycles. The van der Waals surface area contributed by atoms with Gasteiger partial charge in [0.15, 0.2) is 0 Å². The van der Waals surface area contributed by atoms with Gasteiger partial charge < -0.3 is 10.1 Å². The number of aryl methyl sites for hydroxylation is 1. The van der Waals surface area contributed by atoms with Gasteiger partial charge >= 0.3 is 0 Å². The van der Waals surface area contributed by atoms with Gasteiger partial charge in [-0.1, -0.05) is 19.3 Å². The molecule has 19 heavy (non-hydrogen) atoms. The van der Waals surface area contributed by atoms with Crippen molar-refractivity contribution >= 4 is 5.69 Å². The molecule has 0 aromatic heterocycles. The number of methoxy groups -OCH3 is 1. The maximum atomic E-state index is 5.33. The van der Waals surface area contributed by atoms with Crippen molar-refractivity contribution in [2.45, 2.75) is 57.9 Å². The molecule has 104 valence electrons. The first kappa shape index (κ1) is 12.8. The monoisotopic (exact) mass is 259 g/mol. The normalized spacial score (nSPS) is 24.8. The fourth-order valence-electron chi connectivity index (χ4n) is 3.95. The fraction of sp³-hybridized carbons (Fsp3) is 0.647. The third-order valence-corrected chi connectivity index (χ3v) is 5.26. The summed E-state index contributed by atoms with van der Waals surface area (Å²) in [6.45, 7) is 2.11. The second kappa shape index (κ2) is 5.07. The molecule has 2 aliphatic rings. The summed E-state index contributed by atoms with van der Waals surface area (Å²) in [5, 5.41) is 3.78. The van der Waals surface area contributed by atoms with E-state index in [0.717, 1.165) is 5.75 Å². The van der Waals surface area contributed by atoms with Gasteiger partial charge in [-0.2, -0.15) is 0 Å². The third kappa shape index (κ3) is 2.33. The summed E-state index contributed by atoms with van der Waals surface area (Å²) in [6, 6.07) is 7.14. The van der Waals surface area contributed by atoms with Crippen molar-refractivity contribution in [1.29, 1.82) is 0 Å². The molecule has 3 rings (SSSR count). The Hall–Kier alpha value is -1.18. The highest BCUT2D eigenvalue weighted by molar-refractivity contribution is 5.52. The topological polar surface area (TPSA) is 21.3 Å². The van der Waals surface area contributed by atoms with E-state index in [2.05, 4.69) is 30.4 Å². The lowest BCUT2D eigenvalue weighted by Gasteiger charge is -2.52. The molecule has 1 aromatic carbocycles. The first-order valence-corrected chi connectivity index (χ1v) is 7.65. The molecule has 0 amide bonds. The predicted octanol–water partition coefficient (Wildman–Crippen LogP) is 4.53. The Morgan fingerprint density at radius 3 is 2.53 bits per heavy atom. The van der Waals surface area contributed by atoms with Gasteiger partial charge in [0.05, 0.1) is 7.11 Å². The van der Waals surface area contributed by atoms with E-state index in [1.807, 2.05) is 0 Å².